The fraction of sp³-hybridized carbons (Fsp3) is 0.556. The van der Waals surface area contributed by atoms with E-state index in [1.54, 1.807) is 6.92 Å². The maximum atomic E-state index is 12.1. The molecule has 1 atom stereocenters. The minimum absolute atomic E-state index is 0.160. The Morgan fingerprint density at radius 3 is 2.65 bits per heavy atom. The first-order valence-electron chi connectivity index (χ1n) is 4.69. The lowest BCUT2D eigenvalue weighted by molar-refractivity contribution is -0.198. The summed E-state index contributed by atoms with van der Waals surface area (Å²) in [5.74, 6) is 0.160. The number of anilines is 1. The van der Waals surface area contributed by atoms with Crippen molar-refractivity contribution in [3.63, 3.8) is 0 Å². The van der Waals surface area contributed by atoms with Crippen molar-refractivity contribution in [2.75, 3.05) is 11.9 Å². The maximum absolute atomic E-state index is 12.1. The van der Waals surface area contributed by atoms with Gasteiger partial charge in [0, 0.05) is 7.05 Å². The molecule has 2 N–H and O–H groups in total. The average molecular weight is 248 g/mol. The van der Waals surface area contributed by atoms with Crippen LogP contribution in [-0.2, 0) is 7.05 Å². The normalized spacial score (nSPS) is 13.2. The number of alkyl halides is 3. The number of aromatic nitrogens is 2. The van der Waals surface area contributed by atoms with E-state index in [1.807, 2.05) is 6.07 Å². The number of nitrogens with zero attached hydrogens (tertiary/aromatic N) is 3. The van der Waals surface area contributed by atoms with Gasteiger partial charge in [0.25, 0.3) is 0 Å². The highest BCUT2D eigenvalue weighted by atomic mass is 19.4. The first kappa shape index (κ1) is 13.3. The van der Waals surface area contributed by atoms with E-state index in [0.717, 1.165) is 0 Å². The molecule has 1 heterocycles. The molecule has 0 aliphatic heterocycles. The Kier molecular flexibility index (Phi) is 3.63. The summed E-state index contributed by atoms with van der Waals surface area (Å²) in [5.41, 5.74) is 0.584. The van der Waals surface area contributed by atoms with Gasteiger partial charge in [-0.1, -0.05) is 0 Å². The molecule has 17 heavy (non-hydrogen) atoms. The number of halogens is 3. The summed E-state index contributed by atoms with van der Waals surface area (Å²) in [5, 5.41) is 23.9. The van der Waals surface area contributed by atoms with Gasteiger partial charge >= 0.3 is 6.18 Å². The monoisotopic (exact) mass is 248 g/mol. The molecule has 0 saturated heterocycles. The summed E-state index contributed by atoms with van der Waals surface area (Å²) >= 11 is 0. The van der Waals surface area contributed by atoms with Gasteiger partial charge in [-0.2, -0.15) is 23.5 Å². The Morgan fingerprint density at radius 2 is 2.18 bits per heavy atom. The lowest BCUT2D eigenvalue weighted by Crippen LogP contribution is -2.35. The summed E-state index contributed by atoms with van der Waals surface area (Å²) < 4.78 is 37.4. The van der Waals surface area contributed by atoms with Gasteiger partial charge in [-0.15, -0.1) is 0 Å². The molecule has 5 nitrogen and oxygen atoms in total. The zero-order valence-electron chi connectivity index (χ0n) is 9.21. The number of hydrogen-bond donors (Lipinski definition) is 2. The molecule has 1 aromatic heterocycles. The van der Waals surface area contributed by atoms with Gasteiger partial charge in [-0.25, -0.2) is 0 Å². The van der Waals surface area contributed by atoms with Crippen molar-refractivity contribution >= 4 is 5.82 Å². The molecule has 0 bridgehead atoms. The largest absolute Gasteiger partial charge is 0.416 e. The van der Waals surface area contributed by atoms with E-state index in [2.05, 4.69) is 10.4 Å². The molecule has 0 aliphatic carbocycles. The SMILES string of the molecule is Cc1nn(C)c(NCC(O)C(F)(F)F)c1C#N. The highest BCUT2D eigenvalue weighted by Gasteiger charge is 2.38. The van der Waals surface area contributed by atoms with Crippen LogP contribution in [-0.4, -0.2) is 33.7 Å². The van der Waals surface area contributed by atoms with Crippen LogP contribution in [0.5, 0.6) is 0 Å². The van der Waals surface area contributed by atoms with Crippen LogP contribution in [0.1, 0.15) is 11.3 Å². The molecule has 1 unspecified atom stereocenters. The van der Waals surface area contributed by atoms with Gasteiger partial charge in [0.15, 0.2) is 6.10 Å². The molecule has 1 aromatic rings. The summed E-state index contributed by atoms with van der Waals surface area (Å²) in [6, 6.07) is 1.84. The Bertz CT molecular complexity index is 446. The van der Waals surface area contributed by atoms with Crippen LogP contribution in [0.4, 0.5) is 19.0 Å². The summed E-state index contributed by atoms with van der Waals surface area (Å²) in [7, 11) is 1.50. The molecule has 0 radical (unpaired) electrons. The smallest absolute Gasteiger partial charge is 0.382 e. The predicted octanol–water partition coefficient (Wildman–Crippen LogP) is 0.935. The number of nitriles is 1. The standard InChI is InChI=1S/C9H11F3N4O/c1-5-6(3-13)8(16(2)15-5)14-4-7(17)9(10,11)12/h7,14,17H,4H2,1-2H3. The molecule has 0 spiro atoms. The van der Waals surface area contributed by atoms with Crippen molar-refractivity contribution in [2.45, 2.75) is 19.2 Å². The van der Waals surface area contributed by atoms with Crippen molar-refractivity contribution in [3.8, 4) is 6.07 Å². The van der Waals surface area contributed by atoms with Crippen LogP contribution in [0.15, 0.2) is 0 Å². The van der Waals surface area contributed by atoms with E-state index in [0.29, 0.717) is 5.69 Å². The van der Waals surface area contributed by atoms with E-state index in [-0.39, 0.29) is 11.4 Å². The third-order valence-electron chi connectivity index (χ3n) is 2.17. The lowest BCUT2D eigenvalue weighted by atomic mass is 10.2. The van der Waals surface area contributed by atoms with Crippen molar-refractivity contribution in [1.29, 1.82) is 5.26 Å². The fourth-order valence-corrected chi connectivity index (χ4v) is 1.30. The van der Waals surface area contributed by atoms with Gasteiger partial charge in [-0.05, 0) is 6.92 Å². The summed E-state index contributed by atoms with van der Waals surface area (Å²) in [6.45, 7) is 0.848. The molecule has 0 amide bonds. The summed E-state index contributed by atoms with van der Waals surface area (Å²) in [4.78, 5) is 0. The minimum Gasteiger partial charge on any atom is -0.382 e. The second kappa shape index (κ2) is 4.63. The molecule has 8 heteroatoms. The molecule has 1 rings (SSSR count). The van der Waals surface area contributed by atoms with Crippen molar-refractivity contribution in [2.24, 2.45) is 7.05 Å². The lowest BCUT2D eigenvalue weighted by Gasteiger charge is -2.15. The van der Waals surface area contributed by atoms with Crippen LogP contribution in [0.2, 0.25) is 0 Å². The topological polar surface area (TPSA) is 73.9 Å². The van der Waals surface area contributed by atoms with E-state index < -0.39 is 18.8 Å². The molecule has 94 valence electrons. The number of hydrogen-bond acceptors (Lipinski definition) is 4. The fourth-order valence-electron chi connectivity index (χ4n) is 1.30. The highest BCUT2D eigenvalue weighted by Crippen LogP contribution is 2.22. The van der Waals surface area contributed by atoms with Crippen LogP contribution in [0, 0.1) is 18.3 Å². The van der Waals surface area contributed by atoms with E-state index in [9.17, 15) is 13.2 Å². The second-order valence-corrected chi connectivity index (χ2v) is 3.48. The van der Waals surface area contributed by atoms with E-state index in [1.165, 1.54) is 11.7 Å². The first-order chi connectivity index (χ1) is 7.77. The van der Waals surface area contributed by atoms with Gasteiger partial charge in [0.05, 0.1) is 12.2 Å². The van der Waals surface area contributed by atoms with Crippen LogP contribution >= 0.6 is 0 Å². The second-order valence-electron chi connectivity index (χ2n) is 3.48. The first-order valence-corrected chi connectivity index (χ1v) is 4.69. The molecule has 0 aliphatic rings. The van der Waals surface area contributed by atoms with E-state index in [4.69, 9.17) is 10.4 Å². The highest BCUT2D eigenvalue weighted by molar-refractivity contribution is 5.55. The van der Waals surface area contributed by atoms with Gasteiger partial charge < -0.3 is 10.4 Å². The molecular weight excluding hydrogens is 237 g/mol. The molecule has 0 fully saturated rings. The minimum atomic E-state index is -4.69. The van der Waals surface area contributed by atoms with Gasteiger partial charge in [0.2, 0.25) is 0 Å². The van der Waals surface area contributed by atoms with Crippen LogP contribution in [0.3, 0.4) is 0 Å². The number of rotatable bonds is 3. The number of nitrogens with one attached hydrogen (secondary N) is 1. The average Bonchev–Trinajstić information content (AvgIpc) is 2.47. The number of aryl methyl sites for hydroxylation is 2. The zero-order valence-corrected chi connectivity index (χ0v) is 9.21. The number of aliphatic hydroxyl groups excluding tert-OH is 1. The quantitative estimate of drug-likeness (QED) is 0.834. The molecule has 0 aromatic carbocycles. The van der Waals surface area contributed by atoms with Crippen molar-refractivity contribution in [1.82, 2.24) is 9.78 Å². The van der Waals surface area contributed by atoms with E-state index >= 15 is 0 Å². The van der Waals surface area contributed by atoms with Crippen molar-refractivity contribution < 1.29 is 18.3 Å². The maximum Gasteiger partial charge on any atom is 0.416 e. The third-order valence-corrected chi connectivity index (χ3v) is 2.17. The Morgan fingerprint density at radius 1 is 1.59 bits per heavy atom. The van der Waals surface area contributed by atoms with Gasteiger partial charge in [0.1, 0.15) is 17.5 Å². The van der Waals surface area contributed by atoms with Gasteiger partial charge in [-0.3, -0.25) is 4.68 Å². The Hall–Kier alpha value is -1.75. The molecule has 0 saturated carbocycles. The molecular formula is C9H11F3N4O. The summed E-state index contributed by atoms with van der Waals surface area (Å²) in [6.07, 6.45) is -7.17. The van der Waals surface area contributed by atoms with Crippen LogP contribution < -0.4 is 5.32 Å². The van der Waals surface area contributed by atoms with Crippen LogP contribution in [0.25, 0.3) is 0 Å². The Balaban J connectivity index is 2.81. The predicted molar refractivity (Wildman–Crippen MR) is 53.2 cm³/mol. The zero-order chi connectivity index (χ0) is 13.2. The Labute approximate surface area is 95.5 Å². The van der Waals surface area contributed by atoms with Crippen molar-refractivity contribution in [3.05, 3.63) is 11.3 Å². The number of aliphatic hydroxyl groups is 1. The third kappa shape index (κ3) is 2.88.